The van der Waals surface area contributed by atoms with E-state index >= 15 is 0 Å². The van der Waals surface area contributed by atoms with Crippen LogP contribution >= 0.6 is 0 Å². The minimum absolute atomic E-state index is 0.144. The summed E-state index contributed by atoms with van der Waals surface area (Å²) in [6.07, 6.45) is 0.565. The van der Waals surface area contributed by atoms with Crippen LogP contribution in [0.1, 0.15) is 41.3 Å². The summed E-state index contributed by atoms with van der Waals surface area (Å²) in [6, 6.07) is 11.9. The van der Waals surface area contributed by atoms with Gasteiger partial charge in [0.2, 0.25) is 11.8 Å². The number of carboxylic acids is 1. The van der Waals surface area contributed by atoms with Crippen molar-refractivity contribution in [1.82, 2.24) is 5.32 Å². The maximum Gasteiger partial charge on any atom is 0.326 e. The van der Waals surface area contributed by atoms with E-state index < -0.39 is 36.4 Å². The van der Waals surface area contributed by atoms with Gasteiger partial charge in [0, 0.05) is 23.6 Å². The van der Waals surface area contributed by atoms with Crippen LogP contribution < -0.4 is 15.8 Å². The van der Waals surface area contributed by atoms with Crippen LogP contribution in [-0.4, -0.2) is 46.8 Å². The molecule has 0 spiro atoms. The number of carbonyl (C=O) groups excluding carboxylic acids is 4. The van der Waals surface area contributed by atoms with Gasteiger partial charge < -0.3 is 20.9 Å². The summed E-state index contributed by atoms with van der Waals surface area (Å²) < 4.78 is 5.66. The molecule has 4 N–H and O–H groups in total. The third kappa shape index (κ3) is 8.08. The number of ketones is 1. The van der Waals surface area contributed by atoms with Gasteiger partial charge in [0.25, 0.3) is 0 Å². The lowest BCUT2D eigenvalue weighted by Gasteiger charge is -2.17. The molecule has 2 amide bonds. The molecule has 2 unspecified atom stereocenters. The van der Waals surface area contributed by atoms with Crippen molar-refractivity contribution >= 4 is 29.5 Å². The normalized spacial score (nSPS) is 12.0. The molecule has 0 fully saturated rings. The second-order valence-corrected chi connectivity index (χ2v) is 7.34. The highest BCUT2D eigenvalue weighted by atomic mass is 16.5. The van der Waals surface area contributed by atoms with Crippen LogP contribution in [0, 0.1) is 0 Å². The fourth-order valence-corrected chi connectivity index (χ4v) is 2.99. The summed E-state index contributed by atoms with van der Waals surface area (Å²) in [5.41, 5.74) is 6.82. The average molecular weight is 452 g/mol. The van der Waals surface area contributed by atoms with Crippen LogP contribution in [0.4, 0.5) is 0 Å². The molecule has 0 heterocycles. The molecule has 9 heteroatoms. The molecule has 9 nitrogen and oxygen atoms in total. The number of carbonyl (C=O) groups is 4. The molecular formula is C24H24N2O7. The van der Waals surface area contributed by atoms with Crippen LogP contribution in [0.3, 0.4) is 0 Å². The molecule has 0 radical (unpaired) electrons. The summed E-state index contributed by atoms with van der Waals surface area (Å²) in [5, 5.41) is 11.3. The van der Waals surface area contributed by atoms with Gasteiger partial charge in [-0.1, -0.05) is 24.3 Å². The second kappa shape index (κ2) is 12.0. The number of primary amides is 1. The first-order chi connectivity index (χ1) is 15.7. The minimum atomic E-state index is -1.40. The van der Waals surface area contributed by atoms with Gasteiger partial charge in [0.15, 0.2) is 5.78 Å². The number of hydrogen-bond donors (Lipinski definition) is 3. The molecule has 172 valence electrons. The molecule has 0 aromatic heterocycles. The number of carboxylic acid groups (broad SMARTS) is 1. The Balaban J connectivity index is 1.93. The van der Waals surface area contributed by atoms with Crippen molar-refractivity contribution in [3.8, 4) is 5.75 Å². The predicted molar refractivity (Wildman–Crippen MR) is 118 cm³/mol. The van der Waals surface area contributed by atoms with Crippen molar-refractivity contribution in [2.24, 2.45) is 5.73 Å². The number of amides is 2. The monoisotopic (exact) mass is 452 g/mol. The van der Waals surface area contributed by atoms with Crippen molar-refractivity contribution in [3.05, 3.63) is 71.3 Å². The zero-order valence-electron chi connectivity index (χ0n) is 17.9. The first-order valence-corrected chi connectivity index (χ1v) is 10.1. The Kier molecular flexibility index (Phi) is 9.08. The van der Waals surface area contributed by atoms with Gasteiger partial charge in [-0.25, -0.2) is 9.59 Å². The van der Waals surface area contributed by atoms with Gasteiger partial charge in [0.1, 0.15) is 23.8 Å². The number of benzene rings is 2. The van der Waals surface area contributed by atoms with Crippen molar-refractivity contribution < 1.29 is 33.8 Å². The van der Waals surface area contributed by atoms with E-state index in [9.17, 15) is 24.0 Å². The van der Waals surface area contributed by atoms with Crippen LogP contribution in [-0.2, 0) is 25.6 Å². The van der Waals surface area contributed by atoms with E-state index in [-0.39, 0.29) is 12.2 Å². The molecule has 0 aliphatic carbocycles. The SMILES string of the molecule is CC(CC(=O)NC(CC(N)=O)C(=O)O)Oc1ccc(C(=O)c2ccc(CC=C=O)cc2)cc1. The fourth-order valence-electron chi connectivity index (χ4n) is 2.99. The second-order valence-electron chi connectivity index (χ2n) is 7.34. The minimum Gasteiger partial charge on any atom is -0.490 e. The summed E-state index contributed by atoms with van der Waals surface area (Å²) >= 11 is 0. The summed E-state index contributed by atoms with van der Waals surface area (Å²) in [4.78, 5) is 57.0. The zero-order valence-corrected chi connectivity index (χ0v) is 17.9. The molecule has 2 aromatic carbocycles. The lowest BCUT2D eigenvalue weighted by Crippen LogP contribution is -2.44. The first-order valence-electron chi connectivity index (χ1n) is 10.1. The number of nitrogens with two attached hydrogens (primary N) is 1. The number of hydrogen-bond acceptors (Lipinski definition) is 6. The van der Waals surface area contributed by atoms with Gasteiger partial charge in [-0.2, -0.15) is 0 Å². The van der Waals surface area contributed by atoms with Gasteiger partial charge in [0.05, 0.1) is 12.8 Å². The standard InChI is InChI=1S/C24H24N2O7/c1-15(13-22(29)26-20(24(31)32)14-21(25)28)33-19-10-8-18(9-11-19)23(30)17-6-4-16(5-7-17)3-2-12-27/h2,4-11,15,20H,3,13-14H2,1H3,(H2,25,28)(H,26,29)(H,31,32). The van der Waals surface area contributed by atoms with E-state index in [1.807, 2.05) is 0 Å². The highest BCUT2D eigenvalue weighted by Crippen LogP contribution is 2.18. The Morgan fingerprint density at radius 3 is 2.12 bits per heavy atom. The van der Waals surface area contributed by atoms with Gasteiger partial charge in [-0.05, 0) is 36.8 Å². The van der Waals surface area contributed by atoms with Crippen LogP contribution in [0.2, 0.25) is 0 Å². The first kappa shape index (κ1) is 25.0. The van der Waals surface area contributed by atoms with E-state index in [1.54, 1.807) is 61.4 Å². The van der Waals surface area contributed by atoms with Crippen LogP contribution in [0.25, 0.3) is 0 Å². The molecular weight excluding hydrogens is 428 g/mol. The molecule has 2 rings (SSSR count). The van der Waals surface area contributed by atoms with E-state index in [1.165, 1.54) is 6.08 Å². The highest BCUT2D eigenvalue weighted by Gasteiger charge is 2.23. The molecule has 0 saturated carbocycles. The largest absolute Gasteiger partial charge is 0.490 e. The Morgan fingerprint density at radius 1 is 1.03 bits per heavy atom. The lowest BCUT2D eigenvalue weighted by atomic mass is 10.0. The zero-order chi connectivity index (χ0) is 24.4. The van der Waals surface area contributed by atoms with Gasteiger partial charge in [-0.3, -0.25) is 14.4 Å². The fraction of sp³-hybridized carbons (Fsp3) is 0.250. The molecule has 2 atom stereocenters. The summed E-state index contributed by atoms with van der Waals surface area (Å²) in [7, 11) is 0. The Bertz CT molecular complexity index is 1060. The Hall–Kier alpha value is -4.23. The number of aliphatic carboxylic acids is 1. The van der Waals surface area contributed by atoms with Crippen molar-refractivity contribution in [2.75, 3.05) is 0 Å². The molecule has 0 bridgehead atoms. The van der Waals surface area contributed by atoms with Gasteiger partial charge >= 0.3 is 5.97 Å². The quantitative estimate of drug-likeness (QED) is 0.325. The van der Waals surface area contributed by atoms with Crippen molar-refractivity contribution in [1.29, 1.82) is 0 Å². The molecule has 0 aliphatic heterocycles. The topological polar surface area (TPSA) is 153 Å². The molecule has 2 aromatic rings. The number of allylic oxidation sites excluding steroid dienone is 1. The summed E-state index contributed by atoms with van der Waals surface area (Å²) in [5.74, 6) is -0.843. The van der Waals surface area contributed by atoms with Crippen LogP contribution in [0.5, 0.6) is 5.75 Å². The van der Waals surface area contributed by atoms with E-state index in [2.05, 4.69) is 5.32 Å². The van der Waals surface area contributed by atoms with Gasteiger partial charge in [-0.15, -0.1) is 0 Å². The lowest BCUT2D eigenvalue weighted by molar-refractivity contribution is -0.143. The number of ether oxygens (including phenoxy) is 1. The highest BCUT2D eigenvalue weighted by molar-refractivity contribution is 6.09. The number of nitrogens with one attached hydrogen (secondary N) is 1. The molecule has 0 aliphatic rings. The third-order valence-electron chi connectivity index (χ3n) is 4.60. The molecule has 33 heavy (non-hydrogen) atoms. The predicted octanol–water partition coefficient (Wildman–Crippen LogP) is 1.45. The Labute approximate surface area is 190 Å². The van der Waals surface area contributed by atoms with E-state index in [0.29, 0.717) is 23.3 Å². The maximum absolute atomic E-state index is 12.6. The summed E-state index contributed by atoms with van der Waals surface area (Å²) in [6.45, 7) is 1.63. The van der Waals surface area contributed by atoms with Crippen molar-refractivity contribution in [3.63, 3.8) is 0 Å². The smallest absolute Gasteiger partial charge is 0.326 e. The van der Waals surface area contributed by atoms with Crippen LogP contribution in [0.15, 0.2) is 54.6 Å². The number of rotatable bonds is 12. The van der Waals surface area contributed by atoms with E-state index in [4.69, 9.17) is 15.6 Å². The van der Waals surface area contributed by atoms with Crippen molar-refractivity contribution in [2.45, 2.75) is 38.3 Å². The van der Waals surface area contributed by atoms with E-state index in [0.717, 1.165) is 5.56 Å². The third-order valence-corrected chi connectivity index (χ3v) is 4.60. The Morgan fingerprint density at radius 2 is 1.61 bits per heavy atom. The maximum atomic E-state index is 12.6. The molecule has 0 saturated heterocycles. The average Bonchev–Trinajstić information content (AvgIpc) is 2.77.